The van der Waals surface area contributed by atoms with E-state index in [9.17, 15) is 4.79 Å². The highest BCUT2D eigenvalue weighted by atomic mass is 32.1. The van der Waals surface area contributed by atoms with Gasteiger partial charge in [0.25, 0.3) is 5.91 Å². The van der Waals surface area contributed by atoms with Gasteiger partial charge in [0.1, 0.15) is 5.75 Å². The number of rotatable bonds is 6. The molecule has 0 saturated heterocycles. The molecule has 0 atom stereocenters. The number of thiazole rings is 1. The van der Waals surface area contributed by atoms with Gasteiger partial charge >= 0.3 is 0 Å². The van der Waals surface area contributed by atoms with Crippen LogP contribution in [0.15, 0.2) is 91.0 Å². The predicted molar refractivity (Wildman–Crippen MR) is 132 cm³/mol. The first-order chi connectivity index (χ1) is 15.7. The van der Waals surface area contributed by atoms with E-state index in [1.807, 2.05) is 97.9 Å². The first kappa shape index (κ1) is 20.2. The molecule has 1 aromatic heterocycles. The molecule has 0 saturated carbocycles. The molecule has 0 aliphatic carbocycles. The van der Waals surface area contributed by atoms with Gasteiger partial charge < -0.3 is 4.74 Å². The summed E-state index contributed by atoms with van der Waals surface area (Å²) < 4.78 is 6.64. The van der Waals surface area contributed by atoms with Crippen molar-refractivity contribution in [3.63, 3.8) is 0 Å². The molecule has 5 aromatic rings. The minimum absolute atomic E-state index is 0.0604. The second kappa shape index (κ2) is 8.81. The summed E-state index contributed by atoms with van der Waals surface area (Å²) in [5.41, 5.74) is 2.58. The summed E-state index contributed by atoms with van der Waals surface area (Å²) in [5, 5.41) is 2.66. The minimum Gasteiger partial charge on any atom is -0.494 e. The van der Waals surface area contributed by atoms with Crippen molar-refractivity contribution in [3.8, 4) is 5.75 Å². The standard InChI is InChI=1S/C27H22N2O2S/c1-2-31-21-15-16-24-25(17-21)32-27(28-24)29(18-19-9-4-3-5-10-19)26(30)23-14-8-12-20-11-6-7-13-22(20)23/h3-17H,2,18H2,1H3. The van der Waals surface area contributed by atoms with Crippen LogP contribution in [0.25, 0.3) is 21.0 Å². The average molecular weight is 439 g/mol. The van der Waals surface area contributed by atoms with E-state index in [2.05, 4.69) is 0 Å². The van der Waals surface area contributed by atoms with Crippen LogP contribution in [0.5, 0.6) is 5.75 Å². The third kappa shape index (κ3) is 3.95. The fraction of sp³-hybridized carbons (Fsp3) is 0.111. The fourth-order valence-corrected chi connectivity index (χ4v) is 4.81. The van der Waals surface area contributed by atoms with Crippen molar-refractivity contribution >= 4 is 43.4 Å². The van der Waals surface area contributed by atoms with Gasteiger partial charge in [-0.1, -0.05) is 78.1 Å². The first-order valence-corrected chi connectivity index (χ1v) is 11.4. The largest absolute Gasteiger partial charge is 0.494 e. The number of carbonyl (C=O) groups is 1. The maximum absolute atomic E-state index is 13.9. The molecule has 5 rings (SSSR count). The van der Waals surface area contributed by atoms with Crippen molar-refractivity contribution in [2.75, 3.05) is 11.5 Å². The van der Waals surface area contributed by atoms with E-state index < -0.39 is 0 Å². The maximum atomic E-state index is 13.9. The number of anilines is 1. The van der Waals surface area contributed by atoms with Gasteiger partial charge in [-0.15, -0.1) is 0 Å². The highest BCUT2D eigenvalue weighted by molar-refractivity contribution is 7.22. The van der Waals surface area contributed by atoms with Gasteiger partial charge in [-0.2, -0.15) is 0 Å². The van der Waals surface area contributed by atoms with Crippen molar-refractivity contribution < 1.29 is 9.53 Å². The van der Waals surface area contributed by atoms with Crippen molar-refractivity contribution in [2.45, 2.75) is 13.5 Å². The quantitative estimate of drug-likeness (QED) is 0.296. The van der Waals surface area contributed by atoms with E-state index in [4.69, 9.17) is 9.72 Å². The summed E-state index contributed by atoms with van der Waals surface area (Å²) in [4.78, 5) is 20.5. The van der Waals surface area contributed by atoms with E-state index >= 15 is 0 Å². The van der Waals surface area contributed by atoms with Gasteiger partial charge in [-0.25, -0.2) is 4.98 Å². The summed E-state index contributed by atoms with van der Waals surface area (Å²) in [6, 6.07) is 29.7. The average Bonchev–Trinajstić information content (AvgIpc) is 3.26. The van der Waals surface area contributed by atoms with Crippen LogP contribution in [-0.2, 0) is 6.54 Å². The molecular weight excluding hydrogens is 416 g/mol. The lowest BCUT2D eigenvalue weighted by molar-refractivity contribution is 0.0986. The zero-order valence-electron chi connectivity index (χ0n) is 17.7. The summed E-state index contributed by atoms with van der Waals surface area (Å²) >= 11 is 1.51. The molecular formula is C27H22N2O2S. The summed E-state index contributed by atoms with van der Waals surface area (Å²) in [7, 11) is 0. The monoisotopic (exact) mass is 438 g/mol. The highest BCUT2D eigenvalue weighted by Gasteiger charge is 2.23. The number of nitrogens with zero attached hydrogens (tertiary/aromatic N) is 2. The van der Waals surface area contributed by atoms with Crippen molar-refractivity contribution in [1.82, 2.24) is 4.98 Å². The van der Waals surface area contributed by atoms with Crippen LogP contribution < -0.4 is 9.64 Å². The lowest BCUT2D eigenvalue weighted by Crippen LogP contribution is -2.30. The summed E-state index contributed by atoms with van der Waals surface area (Å²) in [5.74, 6) is 0.750. The minimum atomic E-state index is -0.0604. The molecule has 5 heteroatoms. The number of ether oxygens (including phenoxy) is 1. The van der Waals surface area contributed by atoms with Crippen molar-refractivity contribution in [2.24, 2.45) is 0 Å². The molecule has 158 valence electrons. The smallest absolute Gasteiger partial charge is 0.261 e. The third-order valence-electron chi connectivity index (χ3n) is 5.34. The van der Waals surface area contributed by atoms with Crippen LogP contribution in [-0.4, -0.2) is 17.5 Å². The second-order valence-corrected chi connectivity index (χ2v) is 8.47. The second-order valence-electron chi connectivity index (χ2n) is 7.46. The van der Waals surface area contributed by atoms with Gasteiger partial charge in [0.2, 0.25) is 0 Å². The van der Waals surface area contributed by atoms with Gasteiger partial charge in [-0.05, 0) is 47.5 Å². The van der Waals surface area contributed by atoms with Crippen molar-refractivity contribution in [3.05, 3.63) is 102 Å². The highest BCUT2D eigenvalue weighted by Crippen LogP contribution is 2.34. The van der Waals surface area contributed by atoms with E-state index in [1.165, 1.54) is 11.3 Å². The van der Waals surface area contributed by atoms with Gasteiger partial charge in [0, 0.05) is 5.56 Å². The summed E-state index contributed by atoms with van der Waals surface area (Å²) in [6.45, 7) is 3.02. The van der Waals surface area contributed by atoms with Gasteiger partial charge in [0.05, 0.1) is 23.4 Å². The molecule has 32 heavy (non-hydrogen) atoms. The van der Waals surface area contributed by atoms with Crippen LogP contribution in [0.2, 0.25) is 0 Å². The van der Waals surface area contributed by atoms with Crippen LogP contribution >= 0.6 is 11.3 Å². The molecule has 0 fully saturated rings. The molecule has 0 N–H and O–H groups in total. The Hall–Kier alpha value is -3.70. The number of fused-ring (bicyclic) bond motifs is 2. The Labute approximate surface area is 190 Å². The Bertz CT molecular complexity index is 1390. The van der Waals surface area contributed by atoms with E-state index in [1.54, 1.807) is 4.90 Å². The molecule has 0 aliphatic rings. The SMILES string of the molecule is CCOc1ccc2nc(N(Cc3ccccc3)C(=O)c3cccc4ccccc34)sc2c1. The molecule has 0 unspecified atom stereocenters. The number of amides is 1. The molecule has 0 radical (unpaired) electrons. The van der Waals surface area contributed by atoms with E-state index in [-0.39, 0.29) is 5.91 Å². The van der Waals surface area contributed by atoms with Gasteiger partial charge in [0.15, 0.2) is 5.13 Å². The Balaban J connectivity index is 1.60. The number of hydrogen-bond donors (Lipinski definition) is 0. The van der Waals surface area contributed by atoms with Crippen LogP contribution in [0.1, 0.15) is 22.8 Å². The molecule has 1 amide bonds. The molecule has 0 spiro atoms. The molecule has 0 aliphatic heterocycles. The normalized spacial score (nSPS) is 11.0. The fourth-order valence-electron chi connectivity index (χ4n) is 3.81. The Morgan fingerprint density at radius 3 is 2.56 bits per heavy atom. The summed E-state index contributed by atoms with van der Waals surface area (Å²) in [6.07, 6.45) is 0. The maximum Gasteiger partial charge on any atom is 0.261 e. The first-order valence-electron chi connectivity index (χ1n) is 10.6. The number of hydrogen-bond acceptors (Lipinski definition) is 4. The van der Waals surface area contributed by atoms with Crippen LogP contribution in [0.4, 0.5) is 5.13 Å². The van der Waals surface area contributed by atoms with Crippen LogP contribution in [0.3, 0.4) is 0 Å². The topological polar surface area (TPSA) is 42.4 Å². The Kier molecular flexibility index (Phi) is 5.57. The number of benzene rings is 4. The zero-order valence-corrected chi connectivity index (χ0v) is 18.5. The molecule has 4 aromatic carbocycles. The Morgan fingerprint density at radius 2 is 1.72 bits per heavy atom. The number of carbonyl (C=O) groups excluding carboxylic acids is 1. The van der Waals surface area contributed by atoms with E-state index in [0.29, 0.717) is 23.8 Å². The van der Waals surface area contributed by atoms with E-state index in [0.717, 1.165) is 32.3 Å². The molecule has 0 bridgehead atoms. The molecule has 4 nitrogen and oxygen atoms in total. The Morgan fingerprint density at radius 1 is 0.938 bits per heavy atom. The lowest BCUT2D eigenvalue weighted by atomic mass is 10.0. The van der Waals surface area contributed by atoms with Crippen LogP contribution in [0, 0.1) is 0 Å². The van der Waals surface area contributed by atoms with Gasteiger partial charge in [-0.3, -0.25) is 9.69 Å². The zero-order chi connectivity index (χ0) is 21.9. The predicted octanol–water partition coefficient (Wildman–Crippen LogP) is 6.70. The lowest BCUT2D eigenvalue weighted by Gasteiger charge is -2.21. The molecule has 1 heterocycles. The third-order valence-corrected chi connectivity index (χ3v) is 6.38. The van der Waals surface area contributed by atoms with Crippen molar-refractivity contribution in [1.29, 1.82) is 0 Å². The number of aromatic nitrogens is 1.